The lowest BCUT2D eigenvalue weighted by Gasteiger charge is -2.07. The van der Waals surface area contributed by atoms with Crippen LogP contribution in [0.5, 0.6) is 0 Å². The number of hydrogen-bond donors (Lipinski definition) is 2. The van der Waals surface area contributed by atoms with E-state index in [0.717, 1.165) is 16.7 Å². The molecule has 0 aliphatic heterocycles. The number of thioether (sulfide) groups is 1. The highest BCUT2D eigenvalue weighted by Crippen LogP contribution is 2.21. The Morgan fingerprint density at radius 3 is 2.88 bits per heavy atom. The van der Waals surface area contributed by atoms with Gasteiger partial charge in [-0.2, -0.15) is 0 Å². The number of anilines is 1. The summed E-state index contributed by atoms with van der Waals surface area (Å²) in [6.07, 6.45) is 0. The smallest absolute Gasteiger partial charge is 0.234 e. The molecular weight excluding hydrogens is 339 g/mol. The number of nitrogens with zero attached hydrogens (tertiary/aromatic N) is 2. The van der Waals surface area contributed by atoms with Crippen molar-refractivity contribution in [1.82, 2.24) is 15.2 Å². The van der Waals surface area contributed by atoms with E-state index in [1.807, 2.05) is 38.1 Å². The van der Waals surface area contributed by atoms with Gasteiger partial charge >= 0.3 is 0 Å². The lowest BCUT2D eigenvalue weighted by Crippen LogP contribution is -2.15. The Morgan fingerprint density at radius 2 is 2.08 bits per heavy atom. The second-order valence-corrected chi connectivity index (χ2v) is 6.57. The van der Waals surface area contributed by atoms with Gasteiger partial charge in [0.25, 0.3) is 0 Å². The van der Waals surface area contributed by atoms with E-state index in [2.05, 4.69) is 20.5 Å². The number of rotatable bonds is 5. The normalized spacial score (nSPS) is 10.7. The quantitative estimate of drug-likeness (QED) is 0.679. The number of benzene rings is 2. The maximum Gasteiger partial charge on any atom is 0.234 e. The molecular formula is C18H17FN4OS. The van der Waals surface area contributed by atoms with Crippen molar-refractivity contribution in [3.05, 3.63) is 59.4 Å². The molecule has 25 heavy (non-hydrogen) atoms. The van der Waals surface area contributed by atoms with E-state index < -0.39 is 0 Å². The fourth-order valence-electron chi connectivity index (χ4n) is 2.28. The summed E-state index contributed by atoms with van der Waals surface area (Å²) in [5.74, 6) is 0.180. The molecule has 7 heteroatoms. The highest BCUT2D eigenvalue weighted by Gasteiger charge is 2.10. The Bertz CT molecular complexity index is 910. The Labute approximate surface area is 149 Å². The molecule has 0 bridgehead atoms. The first-order valence-corrected chi connectivity index (χ1v) is 8.68. The molecule has 0 saturated heterocycles. The maximum atomic E-state index is 13.3. The standard InChI is InChI=1S/C18H17FN4OS/c1-11-4-3-5-13(8-11)17-21-18(23-22-17)25-10-16(24)20-15-9-14(19)7-6-12(15)2/h3-9H,10H2,1-2H3,(H,20,24)(H,21,22,23). The lowest BCUT2D eigenvalue weighted by atomic mass is 10.1. The third kappa shape index (κ3) is 4.45. The van der Waals surface area contributed by atoms with Gasteiger partial charge in [0.05, 0.1) is 5.75 Å². The van der Waals surface area contributed by atoms with Crippen LogP contribution >= 0.6 is 11.8 Å². The molecule has 2 aromatic carbocycles. The topological polar surface area (TPSA) is 70.7 Å². The van der Waals surface area contributed by atoms with Gasteiger partial charge in [-0.15, -0.1) is 5.10 Å². The van der Waals surface area contributed by atoms with E-state index in [1.54, 1.807) is 6.07 Å². The zero-order chi connectivity index (χ0) is 17.8. The number of nitrogens with one attached hydrogen (secondary N) is 2. The molecule has 0 atom stereocenters. The van der Waals surface area contributed by atoms with Crippen LogP contribution in [0.4, 0.5) is 10.1 Å². The highest BCUT2D eigenvalue weighted by atomic mass is 32.2. The van der Waals surface area contributed by atoms with Gasteiger partial charge in [-0.25, -0.2) is 9.37 Å². The molecule has 128 valence electrons. The summed E-state index contributed by atoms with van der Waals surface area (Å²) in [5, 5.41) is 10.2. The molecule has 0 spiro atoms. The summed E-state index contributed by atoms with van der Waals surface area (Å²) in [6, 6.07) is 12.2. The summed E-state index contributed by atoms with van der Waals surface area (Å²) in [6.45, 7) is 3.82. The molecule has 0 fully saturated rings. The van der Waals surface area contributed by atoms with Crippen LogP contribution in [0, 0.1) is 19.7 Å². The van der Waals surface area contributed by atoms with E-state index in [4.69, 9.17) is 0 Å². The van der Waals surface area contributed by atoms with E-state index in [0.29, 0.717) is 16.7 Å². The summed E-state index contributed by atoms with van der Waals surface area (Å²) < 4.78 is 13.3. The molecule has 0 radical (unpaired) electrons. The Morgan fingerprint density at radius 1 is 1.24 bits per heavy atom. The Kier molecular flexibility index (Phi) is 5.14. The predicted molar refractivity (Wildman–Crippen MR) is 97.0 cm³/mol. The predicted octanol–water partition coefficient (Wildman–Crippen LogP) is 3.96. The minimum Gasteiger partial charge on any atom is -0.325 e. The molecule has 0 aliphatic rings. The van der Waals surface area contributed by atoms with Gasteiger partial charge in [0.2, 0.25) is 11.1 Å². The summed E-state index contributed by atoms with van der Waals surface area (Å²) in [7, 11) is 0. The summed E-state index contributed by atoms with van der Waals surface area (Å²) in [5.41, 5.74) is 3.35. The first kappa shape index (κ1) is 17.2. The van der Waals surface area contributed by atoms with Crippen LogP contribution in [-0.4, -0.2) is 26.8 Å². The number of aryl methyl sites for hydroxylation is 2. The van der Waals surface area contributed by atoms with Crippen LogP contribution in [0.25, 0.3) is 11.4 Å². The van der Waals surface area contributed by atoms with E-state index in [-0.39, 0.29) is 17.5 Å². The molecule has 3 aromatic rings. The number of amides is 1. The highest BCUT2D eigenvalue weighted by molar-refractivity contribution is 7.99. The maximum absolute atomic E-state index is 13.3. The zero-order valence-corrected chi connectivity index (χ0v) is 14.7. The third-order valence-electron chi connectivity index (χ3n) is 3.56. The van der Waals surface area contributed by atoms with Gasteiger partial charge in [0.1, 0.15) is 5.82 Å². The van der Waals surface area contributed by atoms with Gasteiger partial charge in [0, 0.05) is 11.3 Å². The monoisotopic (exact) mass is 356 g/mol. The molecule has 1 amide bonds. The lowest BCUT2D eigenvalue weighted by molar-refractivity contribution is -0.113. The molecule has 0 aliphatic carbocycles. The van der Waals surface area contributed by atoms with Crippen molar-refractivity contribution in [2.24, 2.45) is 0 Å². The van der Waals surface area contributed by atoms with Gasteiger partial charge in [-0.1, -0.05) is 41.6 Å². The van der Waals surface area contributed by atoms with E-state index in [9.17, 15) is 9.18 Å². The van der Waals surface area contributed by atoms with Crippen LogP contribution < -0.4 is 5.32 Å². The summed E-state index contributed by atoms with van der Waals surface area (Å²) >= 11 is 1.22. The van der Waals surface area contributed by atoms with Crippen LogP contribution in [0.1, 0.15) is 11.1 Å². The minimum atomic E-state index is -0.384. The van der Waals surface area contributed by atoms with Crippen LogP contribution in [0.15, 0.2) is 47.6 Å². The molecule has 2 N–H and O–H groups in total. The molecule has 0 unspecified atom stereocenters. The van der Waals surface area contributed by atoms with Gasteiger partial charge in [-0.3, -0.25) is 9.89 Å². The summed E-state index contributed by atoms with van der Waals surface area (Å²) in [4.78, 5) is 16.4. The van der Waals surface area contributed by atoms with Crippen LogP contribution in [0.3, 0.4) is 0 Å². The van der Waals surface area contributed by atoms with Gasteiger partial charge < -0.3 is 5.32 Å². The second-order valence-electron chi connectivity index (χ2n) is 5.63. The SMILES string of the molecule is Cc1cccc(-c2nc(SCC(=O)Nc3cc(F)ccc3C)n[nH]2)c1. The number of aromatic amines is 1. The molecule has 5 nitrogen and oxygen atoms in total. The number of carbonyl (C=O) groups is 1. The largest absolute Gasteiger partial charge is 0.325 e. The van der Waals surface area contributed by atoms with Crippen molar-refractivity contribution in [1.29, 1.82) is 0 Å². The average molecular weight is 356 g/mol. The van der Waals surface area contributed by atoms with Gasteiger partial charge in [0.15, 0.2) is 5.82 Å². The average Bonchev–Trinajstić information content (AvgIpc) is 3.05. The fourth-order valence-corrected chi connectivity index (χ4v) is 2.88. The van der Waals surface area contributed by atoms with Crippen molar-refractivity contribution >= 4 is 23.4 Å². The van der Waals surface area contributed by atoms with Crippen LogP contribution in [0.2, 0.25) is 0 Å². The van der Waals surface area contributed by atoms with E-state index >= 15 is 0 Å². The Balaban J connectivity index is 1.60. The fraction of sp³-hybridized carbons (Fsp3) is 0.167. The van der Waals surface area contributed by atoms with Crippen LogP contribution in [-0.2, 0) is 4.79 Å². The van der Waals surface area contributed by atoms with Crippen molar-refractivity contribution < 1.29 is 9.18 Å². The first-order valence-electron chi connectivity index (χ1n) is 7.69. The molecule has 1 heterocycles. The van der Waals surface area contributed by atoms with Gasteiger partial charge in [-0.05, 0) is 37.6 Å². The minimum absolute atomic E-state index is 0.140. The number of hydrogen-bond acceptors (Lipinski definition) is 4. The van der Waals surface area contributed by atoms with Crippen molar-refractivity contribution in [3.63, 3.8) is 0 Å². The number of H-pyrrole nitrogens is 1. The third-order valence-corrected chi connectivity index (χ3v) is 4.41. The van der Waals surface area contributed by atoms with E-state index in [1.165, 1.54) is 23.9 Å². The molecule has 1 aromatic heterocycles. The first-order chi connectivity index (χ1) is 12.0. The number of aromatic nitrogens is 3. The second kappa shape index (κ2) is 7.48. The Hall–Kier alpha value is -2.67. The van der Waals surface area contributed by atoms with Crippen molar-refractivity contribution in [3.8, 4) is 11.4 Å². The van der Waals surface area contributed by atoms with Crippen molar-refractivity contribution in [2.75, 3.05) is 11.1 Å². The number of carbonyl (C=O) groups excluding carboxylic acids is 1. The molecule has 0 saturated carbocycles. The zero-order valence-electron chi connectivity index (χ0n) is 13.8. The van der Waals surface area contributed by atoms with Crippen molar-refractivity contribution in [2.45, 2.75) is 19.0 Å². The molecule has 3 rings (SSSR count). The number of halogens is 1.